The lowest BCUT2D eigenvalue weighted by Crippen LogP contribution is -2.28. The summed E-state index contributed by atoms with van der Waals surface area (Å²) in [5, 5.41) is 9.77. The van der Waals surface area contributed by atoms with Crippen molar-refractivity contribution < 1.29 is 19.0 Å². The van der Waals surface area contributed by atoms with Crippen LogP contribution in [-0.2, 0) is 6.61 Å². The molecule has 0 aliphatic heterocycles. The predicted molar refractivity (Wildman–Crippen MR) is 136 cm³/mol. The maximum Gasteiger partial charge on any atom is 0.251 e. The van der Waals surface area contributed by atoms with Crippen LogP contribution in [0.3, 0.4) is 0 Å². The summed E-state index contributed by atoms with van der Waals surface area (Å²) in [6.07, 6.45) is 4.14. The van der Waals surface area contributed by atoms with Gasteiger partial charge in [0.2, 0.25) is 5.75 Å². The first kappa shape index (κ1) is 27.4. The Labute approximate surface area is 203 Å². The van der Waals surface area contributed by atoms with E-state index in [0.29, 0.717) is 36.0 Å². The third kappa shape index (κ3) is 9.99. The molecule has 0 fully saturated rings. The minimum atomic E-state index is -0.172. The number of unbranched alkanes of at least 4 members (excludes halogenated alkanes) is 1. The van der Waals surface area contributed by atoms with Crippen LogP contribution in [0.4, 0.5) is 0 Å². The summed E-state index contributed by atoms with van der Waals surface area (Å²) in [6.45, 7) is 5.54. The molecule has 0 aliphatic rings. The molecule has 0 radical (unpaired) electrons. The number of amides is 1. The molecular formula is C26H40N4O4. The molecule has 5 N–H and O–H groups in total. The Kier molecular flexibility index (Phi) is 13.5. The Balaban J connectivity index is 1.76. The minimum absolute atomic E-state index is 0.172. The number of benzene rings is 2. The predicted octanol–water partition coefficient (Wildman–Crippen LogP) is 2.71. The van der Waals surface area contributed by atoms with Gasteiger partial charge < -0.3 is 35.9 Å². The average molecular weight is 473 g/mol. The summed E-state index contributed by atoms with van der Waals surface area (Å²) >= 11 is 0. The number of hydrogen-bond acceptors (Lipinski definition) is 7. The van der Waals surface area contributed by atoms with Crippen LogP contribution in [0.5, 0.6) is 17.2 Å². The van der Waals surface area contributed by atoms with Gasteiger partial charge in [-0.2, -0.15) is 0 Å². The highest BCUT2D eigenvalue weighted by Crippen LogP contribution is 2.38. The molecule has 0 heterocycles. The third-order valence-corrected chi connectivity index (χ3v) is 5.27. The van der Waals surface area contributed by atoms with E-state index in [4.69, 9.17) is 19.9 Å². The number of nitrogens with one attached hydrogen (secondary N) is 3. The van der Waals surface area contributed by atoms with Crippen molar-refractivity contribution >= 4 is 5.91 Å². The number of ether oxygens (including phenoxy) is 3. The first-order valence-electron chi connectivity index (χ1n) is 12.0. The van der Waals surface area contributed by atoms with Gasteiger partial charge in [-0.3, -0.25) is 4.79 Å². The maximum absolute atomic E-state index is 12.7. The van der Waals surface area contributed by atoms with Gasteiger partial charge in [-0.15, -0.1) is 0 Å². The monoisotopic (exact) mass is 472 g/mol. The van der Waals surface area contributed by atoms with E-state index in [2.05, 4.69) is 16.0 Å². The van der Waals surface area contributed by atoms with Crippen molar-refractivity contribution in [2.24, 2.45) is 5.73 Å². The molecule has 188 valence electrons. The molecule has 2 rings (SSSR count). The van der Waals surface area contributed by atoms with Crippen molar-refractivity contribution in [3.63, 3.8) is 0 Å². The molecule has 2 aromatic carbocycles. The van der Waals surface area contributed by atoms with E-state index in [1.165, 1.54) is 0 Å². The van der Waals surface area contributed by atoms with Gasteiger partial charge in [-0.05, 0) is 76.1 Å². The summed E-state index contributed by atoms with van der Waals surface area (Å²) in [5.41, 5.74) is 6.96. The van der Waals surface area contributed by atoms with Crippen LogP contribution < -0.4 is 35.9 Å². The number of carbonyl (C=O) groups is 1. The first-order chi connectivity index (χ1) is 16.7. The van der Waals surface area contributed by atoms with Gasteiger partial charge in [-0.1, -0.05) is 30.3 Å². The fraction of sp³-hybridized carbons (Fsp3) is 0.500. The van der Waals surface area contributed by atoms with Crippen LogP contribution in [0.1, 0.15) is 41.6 Å². The molecule has 0 unspecified atom stereocenters. The lowest BCUT2D eigenvalue weighted by Gasteiger charge is -2.16. The van der Waals surface area contributed by atoms with Gasteiger partial charge in [-0.25, -0.2) is 0 Å². The standard InChI is InChI=1S/C26H40N4O4/c1-32-23-18-22(19-24(25(23)33-2)34-20-21-10-4-3-5-11-21)26(31)30-17-9-16-29-14-7-6-13-28-15-8-12-27/h3-5,10-11,18-19,28-29H,6-9,12-17,20,27H2,1-2H3,(H,30,31). The van der Waals surface area contributed by atoms with E-state index in [-0.39, 0.29) is 5.91 Å². The zero-order valence-electron chi connectivity index (χ0n) is 20.5. The first-order valence-corrected chi connectivity index (χ1v) is 12.0. The molecule has 0 saturated carbocycles. The molecule has 2 aromatic rings. The highest BCUT2D eigenvalue weighted by atomic mass is 16.5. The highest BCUT2D eigenvalue weighted by Gasteiger charge is 2.17. The van der Waals surface area contributed by atoms with Gasteiger partial charge in [0, 0.05) is 12.1 Å². The van der Waals surface area contributed by atoms with Gasteiger partial charge in [0.15, 0.2) is 11.5 Å². The summed E-state index contributed by atoms with van der Waals surface area (Å²) in [7, 11) is 3.10. The topological polar surface area (TPSA) is 107 Å². The maximum atomic E-state index is 12.7. The molecule has 0 atom stereocenters. The van der Waals surface area contributed by atoms with E-state index in [1.807, 2.05) is 30.3 Å². The Bertz CT molecular complexity index is 833. The largest absolute Gasteiger partial charge is 0.493 e. The summed E-state index contributed by atoms with van der Waals surface area (Å²) in [4.78, 5) is 12.7. The second-order valence-corrected chi connectivity index (χ2v) is 7.94. The zero-order valence-corrected chi connectivity index (χ0v) is 20.5. The SMILES string of the molecule is COc1cc(C(=O)NCCCNCCCCNCCCN)cc(OCc2ccccc2)c1OC. The van der Waals surface area contributed by atoms with Crippen LogP contribution in [0.2, 0.25) is 0 Å². The molecule has 0 bridgehead atoms. The van der Waals surface area contributed by atoms with Crippen molar-refractivity contribution in [2.75, 3.05) is 53.5 Å². The second-order valence-electron chi connectivity index (χ2n) is 7.94. The number of hydrogen-bond donors (Lipinski definition) is 4. The summed E-state index contributed by atoms with van der Waals surface area (Å²) in [6, 6.07) is 13.2. The Morgan fingerprint density at radius 1 is 0.824 bits per heavy atom. The second kappa shape index (κ2) is 16.7. The number of methoxy groups -OCH3 is 2. The van der Waals surface area contributed by atoms with Crippen LogP contribution in [0.15, 0.2) is 42.5 Å². The van der Waals surface area contributed by atoms with Crippen LogP contribution >= 0.6 is 0 Å². The van der Waals surface area contributed by atoms with Gasteiger partial charge in [0.05, 0.1) is 14.2 Å². The van der Waals surface area contributed by atoms with E-state index < -0.39 is 0 Å². The Morgan fingerprint density at radius 3 is 2.12 bits per heavy atom. The van der Waals surface area contributed by atoms with Crippen LogP contribution in [-0.4, -0.2) is 59.4 Å². The number of carbonyl (C=O) groups excluding carboxylic acids is 1. The molecule has 8 nitrogen and oxygen atoms in total. The summed E-state index contributed by atoms with van der Waals surface area (Å²) in [5.74, 6) is 1.22. The molecule has 34 heavy (non-hydrogen) atoms. The van der Waals surface area contributed by atoms with Crippen LogP contribution in [0.25, 0.3) is 0 Å². The quantitative estimate of drug-likeness (QED) is 0.247. The van der Waals surface area contributed by atoms with E-state index in [9.17, 15) is 4.79 Å². The average Bonchev–Trinajstić information content (AvgIpc) is 2.87. The lowest BCUT2D eigenvalue weighted by molar-refractivity contribution is 0.0952. The molecule has 0 aromatic heterocycles. The zero-order chi connectivity index (χ0) is 24.4. The minimum Gasteiger partial charge on any atom is -0.493 e. The highest BCUT2D eigenvalue weighted by molar-refractivity contribution is 5.95. The fourth-order valence-electron chi connectivity index (χ4n) is 3.40. The third-order valence-electron chi connectivity index (χ3n) is 5.27. The van der Waals surface area contributed by atoms with Crippen molar-refractivity contribution in [1.29, 1.82) is 0 Å². The van der Waals surface area contributed by atoms with Gasteiger partial charge in [0.25, 0.3) is 5.91 Å². The Hall–Kier alpha value is -2.81. The van der Waals surface area contributed by atoms with E-state index in [1.54, 1.807) is 26.4 Å². The molecule has 0 aliphatic carbocycles. The molecular weight excluding hydrogens is 432 g/mol. The van der Waals surface area contributed by atoms with Crippen molar-refractivity contribution in [3.05, 3.63) is 53.6 Å². The van der Waals surface area contributed by atoms with Crippen molar-refractivity contribution in [3.8, 4) is 17.2 Å². The molecule has 0 saturated heterocycles. The van der Waals surface area contributed by atoms with Gasteiger partial charge in [0.1, 0.15) is 6.61 Å². The van der Waals surface area contributed by atoms with Gasteiger partial charge >= 0.3 is 0 Å². The lowest BCUT2D eigenvalue weighted by atomic mass is 10.1. The Morgan fingerprint density at radius 2 is 1.47 bits per heavy atom. The van der Waals surface area contributed by atoms with E-state index >= 15 is 0 Å². The van der Waals surface area contributed by atoms with Crippen molar-refractivity contribution in [1.82, 2.24) is 16.0 Å². The molecule has 0 spiro atoms. The smallest absolute Gasteiger partial charge is 0.251 e. The normalized spacial score (nSPS) is 10.7. The number of nitrogens with two attached hydrogens (primary N) is 1. The van der Waals surface area contributed by atoms with Crippen LogP contribution in [0, 0.1) is 0 Å². The number of rotatable bonds is 18. The molecule has 8 heteroatoms. The van der Waals surface area contributed by atoms with Crippen molar-refractivity contribution in [2.45, 2.75) is 32.3 Å². The summed E-state index contributed by atoms with van der Waals surface area (Å²) < 4.78 is 16.9. The van der Waals surface area contributed by atoms with E-state index in [0.717, 1.165) is 64.0 Å². The molecule has 1 amide bonds. The fourth-order valence-corrected chi connectivity index (χ4v) is 3.40.